The number of para-hydroxylation sites is 2. The lowest BCUT2D eigenvalue weighted by Gasteiger charge is -2.26. The maximum absolute atomic E-state index is 13.0. The molecule has 0 aromatic heterocycles. The van der Waals surface area contributed by atoms with Gasteiger partial charge in [-0.2, -0.15) is 0 Å². The first kappa shape index (κ1) is 16.8. The number of nitrogens with one attached hydrogen (secondary N) is 2. The van der Waals surface area contributed by atoms with Gasteiger partial charge in [-0.3, -0.25) is 10.1 Å². The number of alkyl halides is 2. The zero-order valence-electron chi connectivity index (χ0n) is 11.7. The second kappa shape index (κ2) is 6.66. The molecule has 0 bridgehead atoms. The average molecular weight is 335 g/mol. The van der Waals surface area contributed by atoms with Crippen LogP contribution in [0, 0.1) is 0 Å². The Morgan fingerprint density at radius 2 is 2.09 bits per heavy atom. The number of hydrogen-bond donors (Lipinski definition) is 2. The summed E-state index contributed by atoms with van der Waals surface area (Å²) in [5, 5.41) is 5.14. The average Bonchev–Trinajstić information content (AvgIpc) is 2.85. The summed E-state index contributed by atoms with van der Waals surface area (Å²) in [6, 6.07) is 6.40. The summed E-state index contributed by atoms with van der Waals surface area (Å²) >= 11 is 0. The van der Waals surface area contributed by atoms with Gasteiger partial charge in [0.05, 0.1) is 19.1 Å². The third kappa shape index (κ3) is 3.78. The Bertz CT molecular complexity index is 545. The summed E-state index contributed by atoms with van der Waals surface area (Å²) < 4.78 is 37.2. The molecular formula is C14H17ClF2N2O3. The number of ether oxygens (including phenoxy) is 2. The van der Waals surface area contributed by atoms with E-state index < -0.39 is 30.8 Å². The van der Waals surface area contributed by atoms with Gasteiger partial charge in [-0.1, -0.05) is 12.1 Å². The Hall–Kier alpha value is -1.60. The van der Waals surface area contributed by atoms with Gasteiger partial charge in [-0.25, -0.2) is 8.78 Å². The van der Waals surface area contributed by atoms with Crippen LogP contribution in [0.1, 0.15) is 6.42 Å². The molecule has 0 aliphatic carbocycles. The predicted octanol–water partition coefficient (Wildman–Crippen LogP) is 1.36. The molecule has 0 spiro atoms. The lowest BCUT2D eigenvalue weighted by atomic mass is 10.2. The third-order valence-electron chi connectivity index (χ3n) is 3.50. The molecule has 2 aliphatic rings. The van der Waals surface area contributed by atoms with Crippen LogP contribution in [-0.2, 0) is 4.79 Å². The summed E-state index contributed by atoms with van der Waals surface area (Å²) in [5.74, 6) is -1.97. The van der Waals surface area contributed by atoms with E-state index in [-0.39, 0.29) is 25.1 Å². The quantitative estimate of drug-likeness (QED) is 0.876. The highest BCUT2D eigenvalue weighted by Crippen LogP contribution is 2.30. The molecular weight excluding hydrogens is 318 g/mol. The molecule has 1 amide bonds. The molecule has 122 valence electrons. The van der Waals surface area contributed by atoms with E-state index in [1.54, 1.807) is 12.1 Å². The van der Waals surface area contributed by atoms with Gasteiger partial charge in [0, 0.05) is 6.42 Å². The molecule has 1 aromatic carbocycles. The van der Waals surface area contributed by atoms with Crippen molar-refractivity contribution in [2.45, 2.75) is 24.5 Å². The number of halogens is 3. The molecule has 0 saturated carbocycles. The van der Waals surface area contributed by atoms with E-state index in [1.165, 1.54) is 0 Å². The van der Waals surface area contributed by atoms with Crippen molar-refractivity contribution in [2.75, 3.05) is 19.7 Å². The molecule has 2 aliphatic heterocycles. The van der Waals surface area contributed by atoms with Crippen LogP contribution in [-0.4, -0.2) is 43.7 Å². The van der Waals surface area contributed by atoms with Crippen LogP contribution >= 0.6 is 12.4 Å². The van der Waals surface area contributed by atoms with Gasteiger partial charge in [0.1, 0.15) is 12.7 Å². The van der Waals surface area contributed by atoms with E-state index in [9.17, 15) is 13.6 Å². The summed E-state index contributed by atoms with van der Waals surface area (Å²) in [6.07, 6.45) is -0.797. The molecule has 2 atom stereocenters. The highest BCUT2D eigenvalue weighted by molar-refractivity contribution is 5.85. The standard InChI is InChI=1S/C14H16F2N2O3.ClH/c15-14(16)5-10(18-8-14)13(19)17-6-9-7-20-11-3-1-2-4-12(11)21-9;/h1-4,9-10,18H,5-8H2,(H,17,19);1H. The van der Waals surface area contributed by atoms with Gasteiger partial charge in [0.25, 0.3) is 5.92 Å². The molecule has 5 nitrogen and oxygen atoms in total. The van der Waals surface area contributed by atoms with Gasteiger partial charge >= 0.3 is 0 Å². The number of benzene rings is 1. The first-order valence-electron chi connectivity index (χ1n) is 6.81. The number of hydrogen-bond acceptors (Lipinski definition) is 4. The Labute approximate surface area is 132 Å². The Morgan fingerprint density at radius 3 is 2.77 bits per heavy atom. The lowest BCUT2D eigenvalue weighted by molar-refractivity contribution is -0.123. The van der Waals surface area contributed by atoms with Crippen molar-refractivity contribution in [3.8, 4) is 11.5 Å². The van der Waals surface area contributed by atoms with E-state index in [2.05, 4.69) is 10.6 Å². The number of rotatable bonds is 3. The van der Waals surface area contributed by atoms with E-state index >= 15 is 0 Å². The normalized spacial score (nSPS) is 25.2. The van der Waals surface area contributed by atoms with Crippen molar-refractivity contribution in [2.24, 2.45) is 0 Å². The third-order valence-corrected chi connectivity index (χ3v) is 3.50. The SMILES string of the molecule is Cl.O=C(NCC1COc2ccccc2O1)C1CC(F)(F)CN1. The van der Waals surface area contributed by atoms with Crippen LogP contribution in [0.25, 0.3) is 0 Å². The minimum atomic E-state index is -2.81. The van der Waals surface area contributed by atoms with E-state index in [4.69, 9.17) is 9.47 Å². The molecule has 0 radical (unpaired) electrons. The van der Waals surface area contributed by atoms with Crippen molar-refractivity contribution >= 4 is 18.3 Å². The summed E-state index contributed by atoms with van der Waals surface area (Å²) in [5.41, 5.74) is 0. The van der Waals surface area contributed by atoms with Crippen LogP contribution in [0.3, 0.4) is 0 Å². The van der Waals surface area contributed by atoms with E-state index in [0.29, 0.717) is 18.1 Å². The highest BCUT2D eigenvalue weighted by atomic mass is 35.5. The molecule has 3 rings (SSSR count). The minimum Gasteiger partial charge on any atom is -0.486 e. The van der Waals surface area contributed by atoms with Crippen molar-refractivity contribution in [1.29, 1.82) is 0 Å². The summed E-state index contributed by atoms with van der Waals surface area (Å²) in [4.78, 5) is 11.8. The molecule has 2 unspecified atom stereocenters. The minimum absolute atomic E-state index is 0. The number of carbonyl (C=O) groups is 1. The number of amides is 1. The topological polar surface area (TPSA) is 59.6 Å². The summed E-state index contributed by atoms with van der Waals surface area (Å²) in [6.45, 7) is 0.0734. The maximum Gasteiger partial charge on any atom is 0.262 e. The van der Waals surface area contributed by atoms with Crippen molar-refractivity contribution < 1.29 is 23.0 Å². The molecule has 8 heteroatoms. The van der Waals surface area contributed by atoms with Crippen LogP contribution in [0.15, 0.2) is 24.3 Å². The fraction of sp³-hybridized carbons (Fsp3) is 0.500. The first-order valence-corrected chi connectivity index (χ1v) is 6.81. The Kier molecular flexibility index (Phi) is 5.08. The van der Waals surface area contributed by atoms with Gasteiger partial charge in [0.15, 0.2) is 11.5 Å². The predicted molar refractivity (Wildman–Crippen MR) is 78.0 cm³/mol. The number of fused-ring (bicyclic) bond motifs is 1. The van der Waals surface area contributed by atoms with Gasteiger partial charge < -0.3 is 14.8 Å². The van der Waals surface area contributed by atoms with Crippen molar-refractivity contribution in [3.63, 3.8) is 0 Å². The van der Waals surface area contributed by atoms with Crippen LogP contribution in [0.4, 0.5) is 8.78 Å². The second-order valence-corrected chi connectivity index (χ2v) is 5.24. The zero-order valence-corrected chi connectivity index (χ0v) is 12.5. The largest absolute Gasteiger partial charge is 0.486 e. The monoisotopic (exact) mass is 334 g/mol. The molecule has 22 heavy (non-hydrogen) atoms. The molecule has 1 aromatic rings. The highest BCUT2D eigenvalue weighted by Gasteiger charge is 2.42. The maximum atomic E-state index is 13.0. The molecule has 1 saturated heterocycles. The van der Waals surface area contributed by atoms with Gasteiger partial charge in [0.2, 0.25) is 5.91 Å². The fourth-order valence-corrected chi connectivity index (χ4v) is 2.40. The second-order valence-electron chi connectivity index (χ2n) is 5.24. The van der Waals surface area contributed by atoms with Crippen LogP contribution in [0.5, 0.6) is 11.5 Å². The summed E-state index contributed by atoms with van der Waals surface area (Å²) in [7, 11) is 0. The van der Waals surface area contributed by atoms with Crippen LogP contribution in [0.2, 0.25) is 0 Å². The Balaban J connectivity index is 0.00000176. The van der Waals surface area contributed by atoms with Crippen LogP contribution < -0.4 is 20.1 Å². The fourth-order valence-electron chi connectivity index (χ4n) is 2.40. The molecule has 2 heterocycles. The Morgan fingerprint density at radius 1 is 1.36 bits per heavy atom. The van der Waals surface area contributed by atoms with E-state index in [1.807, 2.05) is 12.1 Å². The van der Waals surface area contributed by atoms with E-state index in [0.717, 1.165) is 0 Å². The lowest BCUT2D eigenvalue weighted by Crippen LogP contribution is -2.46. The first-order chi connectivity index (χ1) is 10.0. The van der Waals surface area contributed by atoms with Crippen molar-refractivity contribution in [3.05, 3.63) is 24.3 Å². The van der Waals surface area contributed by atoms with Gasteiger partial charge in [-0.15, -0.1) is 12.4 Å². The molecule has 2 N–H and O–H groups in total. The zero-order chi connectivity index (χ0) is 14.9. The van der Waals surface area contributed by atoms with Crippen molar-refractivity contribution in [1.82, 2.24) is 10.6 Å². The molecule has 1 fully saturated rings. The van der Waals surface area contributed by atoms with Gasteiger partial charge in [-0.05, 0) is 12.1 Å². The number of carbonyl (C=O) groups excluding carboxylic acids is 1. The smallest absolute Gasteiger partial charge is 0.262 e.